The summed E-state index contributed by atoms with van der Waals surface area (Å²) in [5, 5.41) is 19.8. The van der Waals surface area contributed by atoms with Crippen LogP contribution in [0, 0.1) is 0 Å². The van der Waals surface area contributed by atoms with Gasteiger partial charge in [0.1, 0.15) is 12.0 Å². The Balaban J connectivity index is 1.16. The maximum absolute atomic E-state index is 12.8. The number of aliphatic hydroxyl groups is 1. The van der Waals surface area contributed by atoms with Crippen molar-refractivity contribution in [2.24, 2.45) is 0 Å². The van der Waals surface area contributed by atoms with E-state index in [1.54, 1.807) is 11.8 Å². The van der Waals surface area contributed by atoms with Gasteiger partial charge in [-0.15, -0.1) is 0 Å². The van der Waals surface area contributed by atoms with E-state index in [9.17, 15) is 9.90 Å². The van der Waals surface area contributed by atoms with Crippen molar-refractivity contribution in [1.29, 1.82) is 0 Å². The molecule has 3 unspecified atom stereocenters. The predicted octanol–water partition coefficient (Wildman–Crippen LogP) is 4.83. The lowest BCUT2D eigenvalue weighted by Crippen LogP contribution is -2.31. The van der Waals surface area contributed by atoms with Gasteiger partial charge in [0.15, 0.2) is 11.4 Å². The van der Waals surface area contributed by atoms with Crippen LogP contribution in [0.3, 0.4) is 0 Å². The van der Waals surface area contributed by atoms with Gasteiger partial charge in [0.2, 0.25) is 0 Å². The van der Waals surface area contributed by atoms with Gasteiger partial charge in [0.05, 0.1) is 36.0 Å². The number of rotatable bonds is 8. The van der Waals surface area contributed by atoms with Crippen LogP contribution >= 0.6 is 11.8 Å². The maximum atomic E-state index is 12.8. The van der Waals surface area contributed by atoms with E-state index in [0.717, 1.165) is 27.4 Å². The van der Waals surface area contributed by atoms with E-state index in [2.05, 4.69) is 30.5 Å². The number of thioether (sulfide) groups is 1. The summed E-state index contributed by atoms with van der Waals surface area (Å²) in [5.74, 6) is 0.327. The number of hydrogen-bond acceptors (Lipinski definition) is 9. The summed E-state index contributed by atoms with van der Waals surface area (Å²) in [7, 11) is 0. The van der Waals surface area contributed by atoms with Crippen LogP contribution in [0.4, 0.5) is 5.69 Å². The number of nitrogens with zero attached hydrogens (tertiary/aromatic N) is 4. The highest BCUT2D eigenvalue weighted by Gasteiger charge is 2.32. The highest BCUT2D eigenvalue weighted by atomic mass is 32.2. The minimum atomic E-state index is -0.604. The van der Waals surface area contributed by atoms with E-state index in [-0.39, 0.29) is 30.4 Å². The largest absolute Gasteiger partial charge is 0.392 e. The molecule has 11 heteroatoms. The van der Waals surface area contributed by atoms with Crippen LogP contribution in [0.1, 0.15) is 46.0 Å². The predicted molar refractivity (Wildman–Crippen MR) is 149 cm³/mol. The number of benzene rings is 3. The van der Waals surface area contributed by atoms with Crippen molar-refractivity contribution >= 4 is 34.4 Å². The van der Waals surface area contributed by atoms with E-state index >= 15 is 0 Å². The Labute approximate surface area is 234 Å². The second kappa shape index (κ2) is 11.9. The maximum Gasteiger partial charge on any atom is 0.275 e. The quantitative estimate of drug-likeness (QED) is 0.231. The minimum Gasteiger partial charge on any atom is -0.392 e. The molecule has 0 bridgehead atoms. The molecule has 1 fully saturated rings. The summed E-state index contributed by atoms with van der Waals surface area (Å²) in [6.07, 6.45) is 2.71. The molecule has 0 aliphatic carbocycles. The average Bonchev–Trinajstić information content (AvgIpc) is 3.54. The van der Waals surface area contributed by atoms with Crippen LogP contribution in [0.15, 0.2) is 90.5 Å². The number of aromatic nitrogens is 5. The molecule has 3 atom stereocenters. The fourth-order valence-corrected chi connectivity index (χ4v) is 5.24. The highest BCUT2D eigenvalue weighted by Crippen LogP contribution is 2.39. The van der Waals surface area contributed by atoms with E-state index in [0.29, 0.717) is 23.4 Å². The van der Waals surface area contributed by atoms with Crippen LogP contribution < -0.4 is 5.32 Å². The summed E-state index contributed by atoms with van der Waals surface area (Å²) in [4.78, 5) is 25.7. The number of para-hydroxylation sites is 2. The Morgan fingerprint density at radius 3 is 2.50 bits per heavy atom. The number of fused-ring (bicyclic) bond motifs is 1. The molecule has 1 aliphatic heterocycles. The van der Waals surface area contributed by atoms with Crippen LogP contribution in [0.5, 0.6) is 0 Å². The van der Waals surface area contributed by atoms with Gasteiger partial charge in [-0.25, -0.2) is 9.97 Å². The van der Waals surface area contributed by atoms with Gasteiger partial charge in [0.25, 0.3) is 5.91 Å². The normalized spacial score (nSPS) is 19.0. The first kappa shape index (κ1) is 26.1. The third kappa shape index (κ3) is 6.02. The molecule has 2 aromatic heterocycles. The third-order valence-electron chi connectivity index (χ3n) is 6.54. The van der Waals surface area contributed by atoms with Crippen molar-refractivity contribution in [3.8, 4) is 0 Å². The van der Waals surface area contributed by atoms with Crippen molar-refractivity contribution in [2.75, 3.05) is 11.1 Å². The van der Waals surface area contributed by atoms with E-state index in [1.165, 1.54) is 12.5 Å². The number of aliphatic hydroxyl groups excluding tert-OH is 1. The number of anilines is 1. The average molecular weight is 555 g/mol. The van der Waals surface area contributed by atoms with Crippen LogP contribution in [0.2, 0.25) is 0 Å². The Morgan fingerprint density at radius 2 is 1.75 bits per heavy atom. The zero-order valence-electron chi connectivity index (χ0n) is 21.3. The molecule has 1 saturated heterocycles. The Bertz CT molecular complexity index is 1580. The third-order valence-corrected chi connectivity index (χ3v) is 7.54. The van der Waals surface area contributed by atoms with Gasteiger partial charge >= 0.3 is 0 Å². The van der Waals surface area contributed by atoms with Crippen LogP contribution in [0.25, 0.3) is 11.0 Å². The standard InChI is InChI=1S/C29H26N6O4S/c36-15-18-5-7-19(8-6-18)26-13-22(16-40-29-31-17-32-35-29)38-28(39-26)20-9-11-21(12-10-20)33-27(37)25-14-30-23-3-1-2-4-24(23)34-25/h1-12,14,17,22,26,28,36H,13,15-16H2,(H,33,37)(H,31,32,35). The smallest absolute Gasteiger partial charge is 0.275 e. The van der Waals surface area contributed by atoms with E-state index < -0.39 is 6.29 Å². The Kier molecular flexibility index (Phi) is 7.78. The zero-order chi connectivity index (χ0) is 27.3. The zero-order valence-corrected chi connectivity index (χ0v) is 22.1. The lowest BCUT2D eigenvalue weighted by molar-refractivity contribution is -0.245. The Hall–Kier alpha value is -4.16. The molecule has 3 heterocycles. The monoisotopic (exact) mass is 554 g/mol. The van der Waals surface area contributed by atoms with E-state index in [1.807, 2.05) is 72.8 Å². The van der Waals surface area contributed by atoms with Crippen LogP contribution in [-0.2, 0) is 16.1 Å². The van der Waals surface area contributed by atoms with Gasteiger partial charge in [-0.05, 0) is 35.4 Å². The highest BCUT2D eigenvalue weighted by molar-refractivity contribution is 7.99. The number of carbonyl (C=O) groups excluding carboxylic acids is 1. The van der Waals surface area contributed by atoms with Crippen LogP contribution in [-0.4, -0.2) is 48.0 Å². The number of H-pyrrole nitrogens is 1. The molecule has 0 radical (unpaired) electrons. The molecule has 6 rings (SSSR count). The lowest BCUT2D eigenvalue weighted by atomic mass is 10.0. The van der Waals surface area contributed by atoms with Gasteiger partial charge < -0.3 is 19.9 Å². The fraction of sp³-hybridized carbons (Fsp3) is 0.207. The van der Waals surface area contributed by atoms with Gasteiger partial charge in [-0.2, -0.15) is 5.10 Å². The molecule has 0 saturated carbocycles. The summed E-state index contributed by atoms with van der Waals surface area (Å²) in [6.45, 7) is -0.00961. The van der Waals surface area contributed by atoms with Gasteiger partial charge in [-0.1, -0.05) is 60.3 Å². The number of hydrogen-bond donors (Lipinski definition) is 3. The molecule has 5 aromatic rings. The summed E-state index contributed by atoms with van der Waals surface area (Å²) < 4.78 is 12.7. The van der Waals surface area contributed by atoms with Gasteiger partial charge in [0, 0.05) is 23.4 Å². The summed E-state index contributed by atoms with van der Waals surface area (Å²) >= 11 is 1.54. The molecule has 1 amide bonds. The van der Waals surface area contributed by atoms with E-state index in [4.69, 9.17) is 9.47 Å². The first-order valence-electron chi connectivity index (χ1n) is 12.8. The molecule has 10 nitrogen and oxygen atoms in total. The topological polar surface area (TPSA) is 135 Å². The molecular weight excluding hydrogens is 528 g/mol. The number of nitrogens with one attached hydrogen (secondary N) is 2. The SMILES string of the molecule is O=C(Nc1ccc(C2OC(CSc3ncn[nH]3)CC(c3ccc(CO)cc3)O2)cc1)c1cnc2ccccc2n1. The van der Waals surface area contributed by atoms with Crippen molar-refractivity contribution in [2.45, 2.75) is 36.7 Å². The molecule has 40 heavy (non-hydrogen) atoms. The molecule has 3 N–H and O–H groups in total. The number of ether oxygens (including phenoxy) is 2. The second-order valence-corrected chi connectivity index (χ2v) is 10.3. The molecule has 1 aliphatic rings. The summed E-state index contributed by atoms with van der Waals surface area (Å²) in [5.41, 5.74) is 4.94. The fourth-order valence-electron chi connectivity index (χ4n) is 4.44. The number of aromatic amines is 1. The summed E-state index contributed by atoms with van der Waals surface area (Å²) in [6, 6.07) is 22.6. The minimum absolute atomic E-state index is 0.00961. The molecule has 202 valence electrons. The lowest BCUT2D eigenvalue weighted by Gasteiger charge is -2.36. The molecular formula is C29H26N6O4S. The van der Waals surface area contributed by atoms with Crippen molar-refractivity contribution in [3.05, 3.63) is 108 Å². The number of carbonyl (C=O) groups is 1. The van der Waals surface area contributed by atoms with Crippen molar-refractivity contribution in [1.82, 2.24) is 25.1 Å². The molecule has 3 aromatic carbocycles. The first-order chi connectivity index (χ1) is 19.6. The first-order valence-corrected chi connectivity index (χ1v) is 13.7. The number of amides is 1. The molecule has 0 spiro atoms. The van der Waals surface area contributed by atoms with Gasteiger partial charge in [-0.3, -0.25) is 14.9 Å². The van der Waals surface area contributed by atoms with Crippen molar-refractivity contribution < 1.29 is 19.4 Å². The second-order valence-electron chi connectivity index (χ2n) is 9.27. The van der Waals surface area contributed by atoms with Crippen molar-refractivity contribution in [3.63, 3.8) is 0 Å². The Morgan fingerprint density at radius 1 is 0.975 bits per heavy atom.